The molecule has 3 aromatic rings. The van der Waals surface area contributed by atoms with Crippen molar-refractivity contribution in [1.82, 2.24) is 15.5 Å². The van der Waals surface area contributed by atoms with E-state index >= 15 is 0 Å². The van der Waals surface area contributed by atoms with Crippen LogP contribution in [0.5, 0.6) is 34.5 Å². The second-order valence-electron chi connectivity index (χ2n) is 16.5. The number of aliphatic hydroxyl groups is 2. The Balaban J connectivity index is 1.22. The average Bonchev–Trinajstić information content (AvgIpc) is 3.72. The molecule has 2 fully saturated rings. The van der Waals surface area contributed by atoms with Crippen LogP contribution in [-0.4, -0.2) is 97.0 Å². The number of phenolic OH excluding ortho intramolecular Hbond substituents is 1. The maximum absolute atomic E-state index is 14.9. The highest BCUT2D eigenvalue weighted by atomic mass is 32.2. The third-order valence-corrected chi connectivity index (χ3v) is 14.7. The van der Waals surface area contributed by atoms with E-state index in [2.05, 4.69) is 16.7 Å². The summed E-state index contributed by atoms with van der Waals surface area (Å²) in [5.74, 6) is 1.65. The van der Waals surface area contributed by atoms with Gasteiger partial charge in [-0.1, -0.05) is 25.0 Å². The van der Waals surface area contributed by atoms with Crippen LogP contribution in [0.3, 0.4) is 0 Å². The molecule has 14 nitrogen and oxygen atoms in total. The zero-order valence-electron chi connectivity index (χ0n) is 34.1. The van der Waals surface area contributed by atoms with Crippen LogP contribution in [-0.2, 0) is 39.1 Å². The molecule has 59 heavy (non-hydrogen) atoms. The van der Waals surface area contributed by atoms with Crippen molar-refractivity contribution >= 4 is 23.7 Å². The lowest BCUT2D eigenvalue weighted by molar-refractivity contribution is -0.164. The maximum Gasteiger partial charge on any atom is 0.331 e. The van der Waals surface area contributed by atoms with Gasteiger partial charge in [0, 0.05) is 54.1 Å². The van der Waals surface area contributed by atoms with Crippen molar-refractivity contribution in [3.05, 3.63) is 68.3 Å². The van der Waals surface area contributed by atoms with Crippen molar-refractivity contribution in [2.75, 3.05) is 46.5 Å². The number of piperazine rings is 1. The van der Waals surface area contributed by atoms with Crippen LogP contribution in [0.4, 0.5) is 0 Å². The normalized spacial score (nSPS) is 27.6. The summed E-state index contributed by atoms with van der Waals surface area (Å²) in [6.07, 6.45) is 4.59. The third-order valence-electron chi connectivity index (χ3n) is 13.2. The molecule has 7 heterocycles. The second-order valence-corrected chi connectivity index (χ2v) is 17.7. The molecule has 10 rings (SSSR count). The molecule has 316 valence electrons. The van der Waals surface area contributed by atoms with Crippen molar-refractivity contribution in [2.45, 2.75) is 107 Å². The Morgan fingerprint density at radius 2 is 1.80 bits per heavy atom. The van der Waals surface area contributed by atoms with Gasteiger partial charge in [-0.25, -0.2) is 4.79 Å². The van der Waals surface area contributed by atoms with Gasteiger partial charge in [0.2, 0.25) is 6.79 Å². The number of nitrogens with one attached hydrogen (secondary N) is 2. The highest BCUT2D eigenvalue weighted by Gasteiger charge is 2.60. The number of benzene rings is 3. The Morgan fingerprint density at radius 1 is 1.00 bits per heavy atom. The quantitative estimate of drug-likeness (QED) is 0.116. The molecule has 15 heteroatoms. The minimum Gasteiger partial charge on any atom is -0.504 e. The summed E-state index contributed by atoms with van der Waals surface area (Å²) in [7, 11) is 3.19. The molecule has 0 radical (unpaired) electrons. The Bertz CT molecular complexity index is 2200. The minimum absolute atomic E-state index is 0.0390. The van der Waals surface area contributed by atoms with Gasteiger partial charge in [-0.2, -0.15) is 0 Å². The van der Waals surface area contributed by atoms with E-state index in [9.17, 15) is 24.9 Å². The molecule has 0 amide bonds. The van der Waals surface area contributed by atoms with E-state index in [-0.39, 0.29) is 31.5 Å². The van der Waals surface area contributed by atoms with E-state index in [1.165, 1.54) is 18.7 Å². The molecule has 7 aliphatic rings. The van der Waals surface area contributed by atoms with Gasteiger partial charge in [0.25, 0.3) is 0 Å². The summed E-state index contributed by atoms with van der Waals surface area (Å²) in [4.78, 5) is 29.9. The number of carbonyl (C=O) groups excluding carboxylic acids is 2. The molecular formula is C44H53N3O11S. The number of aliphatic hydroxyl groups excluding tert-OH is 2. The zero-order valence-corrected chi connectivity index (χ0v) is 35.0. The number of phenols is 1. The minimum atomic E-state index is -1.28. The number of hydrogen-bond acceptors (Lipinski definition) is 15. The topological polar surface area (TPSA) is 178 Å². The lowest BCUT2D eigenvalue weighted by Gasteiger charge is -2.59. The van der Waals surface area contributed by atoms with E-state index in [0.29, 0.717) is 70.4 Å². The van der Waals surface area contributed by atoms with Gasteiger partial charge < -0.3 is 49.1 Å². The van der Waals surface area contributed by atoms with Gasteiger partial charge in [-0.05, 0) is 79.8 Å². The highest BCUT2D eigenvalue weighted by molar-refractivity contribution is 7.99. The monoisotopic (exact) mass is 831 g/mol. The number of hydrogen-bond donors (Lipinski definition) is 5. The highest BCUT2D eigenvalue weighted by Crippen LogP contribution is 2.63. The number of fused-ring (bicyclic) bond motifs is 9. The summed E-state index contributed by atoms with van der Waals surface area (Å²) < 4.78 is 36.6. The molecule has 0 aliphatic carbocycles. The van der Waals surface area contributed by atoms with E-state index in [0.717, 1.165) is 59.9 Å². The predicted molar refractivity (Wildman–Crippen MR) is 218 cm³/mol. The fourth-order valence-electron chi connectivity index (χ4n) is 10.7. The number of nitrogens with zero attached hydrogens (tertiary/aromatic N) is 1. The van der Waals surface area contributed by atoms with Gasteiger partial charge >= 0.3 is 11.9 Å². The zero-order chi connectivity index (χ0) is 41.3. The van der Waals surface area contributed by atoms with E-state index < -0.39 is 53.1 Å². The summed E-state index contributed by atoms with van der Waals surface area (Å²) in [6, 6.07) is 3.91. The van der Waals surface area contributed by atoms with Gasteiger partial charge in [0.05, 0.1) is 37.6 Å². The fraction of sp³-hybridized carbons (Fsp3) is 0.545. The summed E-state index contributed by atoms with van der Waals surface area (Å²) in [5, 5.41) is 40.4. The number of aromatic hydroxyl groups is 1. The molecule has 7 atom stereocenters. The van der Waals surface area contributed by atoms with Crippen molar-refractivity contribution in [2.24, 2.45) is 0 Å². The molecule has 3 aromatic carbocycles. The maximum atomic E-state index is 14.9. The summed E-state index contributed by atoms with van der Waals surface area (Å²) in [5.41, 5.74) is 5.97. The van der Waals surface area contributed by atoms with Crippen LogP contribution in [0.15, 0.2) is 18.2 Å². The van der Waals surface area contributed by atoms with Gasteiger partial charge in [0.15, 0.2) is 28.5 Å². The van der Waals surface area contributed by atoms with Crippen LogP contribution in [0.1, 0.15) is 100 Å². The summed E-state index contributed by atoms with van der Waals surface area (Å²) in [6.45, 7) is 5.62. The first kappa shape index (κ1) is 40.2. The van der Waals surface area contributed by atoms with Crippen molar-refractivity contribution in [3.63, 3.8) is 0 Å². The standard InChI is InChI=1S/C44H53N3O11S/c1-21-14-26-16-28-42(51)47-29-18-55-43(52)44(27-17-30(53-4)25(10-8-6-7-9-13-48)15-24(27)11-12-45-44)19-59-41(35(47)34(46-28)31(26)36(50)37(21)54-5)33-32(29)40-39(56-20-57-40)22(2)38(33)58-23(3)49/h14-15,17,28-29,34-35,41-42,45-46,48,50-51H,6-13,16,18-20H2,1-5H3/t28-,29?,34+,35+,41+,42-,44+/m0/s1. The Morgan fingerprint density at radius 3 is 2.56 bits per heavy atom. The van der Waals surface area contributed by atoms with Crippen LogP contribution in [0.2, 0.25) is 0 Å². The lowest BCUT2D eigenvalue weighted by Crippen LogP contribution is -2.69. The number of esters is 2. The molecule has 5 N–H and O–H groups in total. The van der Waals surface area contributed by atoms with E-state index in [4.69, 9.17) is 28.4 Å². The van der Waals surface area contributed by atoms with Gasteiger partial charge in [-0.3, -0.25) is 15.0 Å². The predicted octanol–water partition coefficient (Wildman–Crippen LogP) is 4.46. The van der Waals surface area contributed by atoms with Crippen LogP contribution < -0.4 is 34.3 Å². The molecule has 4 bridgehead atoms. The molecule has 0 saturated carbocycles. The number of carbonyl (C=O) groups is 2. The fourth-order valence-corrected chi connectivity index (χ4v) is 12.4. The first-order chi connectivity index (χ1) is 28.5. The Labute approximate surface area is 347 Å². The van der Waals surface area contributed by atoms with Crippen LogP contribution >= 0.6 is 11.8 Å². The van der Waals surface area contributed by atoms with Crippen molar-refractivity contribution in [3.8, 4) is 34.5 Å². The van der Waals surface area contributed by atoms with Gasteiger partial charge in [-0.15, -0.1) is 11.8 Å². The average molecular weight is 832 g/mol. The summed E-state index contributed by atoms with van der Waals surface area (Å²) >= 11 is 1.52. The Kier molecular flexibility index (Phi) is 10.7. The molecule has 1 spiro atoms. The number of methoxy groups -OCH3 is 2. The number of rotatable bonds is 9. The molecular weight excluding hydrogens is 779 g/mol. The number of unbranched alkanes of at least 4 members (excludes halogenated alkanes) is 3. The van der Waals surface area contributed by atoms with E-state index in [1.807, 2.05) is 30.9 Å². The first-order valence-corrected chi connectivity index (χ1v) is 21.7. The number of thioether (sulfide) groups is 1. The molecule has 2 saturated heterocycles. The van der Waals surface area contributed by atoms with Crippen LogP contribution in [0, 0.1) is 13.8 Å². The van der Waals surface area contributed by atoms with Crippen molar-refractivity contribution in [1.29, 1.82) is 0 Å². The van der Waals surface area contributed by atoms with Gasteiger partial charge in [0.1, 0.15) is 24.3 Å². The SMILES string of the molecule is COc1cc2c(cc1CCCCCCO)CCN[C@]21CS[C@@H]2c3c(OC(C)=O)c(C)c4c(c3C(COC1=O)N1[C@@H]2[C@@H]2N[C@@H](Cc3cc(C)c(OC)c(O)c32)[C@@H]1O)OCO4. The van der Waals surface area contributed by atoms with Crippen molar-refractivity contribution < 1.29 is 53.3 Å². The second kappa shape index (κ2) is 15.7. The number of aryl methyl sites for hydroxylation is 2. The first-order valence-electron chi connectivity index (χ1n) is 20.6. The molecule has 1 unspecified atom stereocenters. The molecule has 0 aromatic heterocycles. The Hall–Kier alpha value is -4.25. The number of ether oxygens (including phenoxy) is 6. The lowest BCUT2D eigenvalue weighted by atomic mass is 9.74. The van der Waals surface area contributed by atoms with E-state index in [1.54, 1.807) is 14.2 Å². The van der Waals surface area contributed by atoms with Crippen LogP contribution in [0.25, 0.3) is 0 Å². The third kappa shape index (κ3) is 6.33. The smallest absolute Gasteiger partial charge is 0.331 e. The molecule has 7 aliphatic heterocycles. The largest absolute Gasteiger partial charge is 0.504 e.